The van der Waals surface area contributed by atoms with E-state index in [9.17, 15) is 0 Å². The minimum atomic E-state index is 0.298. The molecule has 102 valence electrons. The highest BCUT2D eigenvalue weighted by Gasteiger charge is 2.22. The van der Waals surface area contributed by atoms with Gasteiger partial charge in [-0.15, -0.1) is 11.3 Å². The molecule has 1 N–H and O–H groups in total. The Kier molecular flexibility index (Phi) is 3.55. The van der Waals surface area contributed by atoms with E-state index in [0.29, 0.717) is 12.1 Å². The highest BCUT2D eigenvalue weighted by Crippen LogP contribution is 2.32. The molecule has 4 nitrogen and oxygen atoms in total. The van der Waals surface area contributed by atoms with Crippen LogP contribution in [0.25, 0.3) is 10.2 Å². The number of nitrogens with one attached hydrogen (secondary N) is 1. The third-order valence-corrected chi connectivity index (χ3v) is 4.49. The molecule has 2 atom stereocenters. The van der Waals surface area contributed by atoms with Crippen molar-refractivity contribution in [1.82, 2.24) is 9.97 Å². The van der Waals surface area contributed by atoms with Crippen molar-refractivity contribution in [3.8, 4) is 5.88 Å². The molecule has 1 fully saturated rings. The van der Waals surface area contributed by atoms with E-state index < -0.39 is 0 Å². The van der Waals surface area contributed by atoms with Crippen molar-refractivity contribution in [3.63, 3.8) is 0 Å². The number of anilines is 1. The summed E-state index contributed by atoms with van der Waals surface area (Å²) in [5, 5.41) is 6.07. The minimum absolute atomic E-state index is 0.298. The van der Waals surface area contributed by atoms with E-state index in [2.05, 4.69) is 22.2 Å². The maximum atomic E-state index is 6.16. The number of ether oxygens (including phenoxy) is 1. The van der Waals surface area contributed by atoms with Gasteiger partial charge >= 0.3 is 0 Å². The Morgan fingerprint density at radius 2 is 2.26 bits per heavy atom. The molecule has 1 saturated carbocycles. The summed E-state index contributed by atoms with van der Waals surface area (Å²) in [4.78, 5) is 9.90. The van der Waals surface area contributed by atoms with Crippen molar-refractivity contribution in [2.24, 2.45) is 5.92 Å². The zero-order valence-corrected chi connectivity index (χ0v) is 12.2. The van der Waals surface area contributed by atoms with Gasteiger partial charge < -0.3 is 10.1 Å². The fourth-order valence-corrected chi connectivity index (χ4v) is 3.43. The van der Waals surface area contributed by atoms with Crippen LogP contribution in [-0.4, -0.2) is 23.1 Å². The molecule has 1 aliphatic carbocycles. The number of thiophene rings is 1. The molecule has 0 spiro atoms. The van der Waals surface area contributed by atoms with E-state index in [1.165, 1.54) is 12.8 Å². The van der Waals surface area contributed by atoms with Gasteiger partial charge in [0.1, 0.15) is 10.9 Å². The molecule has 0 amide bonds. The van der Waals surface area contributed by atoms with Gasteiger partial charge in [0.25, 0.3) is 0 Å². The van der Waals surface area contributed by atoms with Crippen LogP contribution < -0.4 is 10.1 Å². The molecule has 2 unspecified atom stereocenters. The van der Waals surface area contributed by atoms with Gasteiger partial charge in [0.15, 0.2) is 0 Å². The Morgan fingerprint density at radius 3 is 3.05 bits per heavy atom. The standard InChI is InChI=1S/C14H19N3OS/c1-9-4-3-5-10(8-9)18-12-11-6-7-19-13(11)17-14(15-2)16-12/h6-7,9-10H,3-5,8H2,1-2H3,(H,15,16,17). The zero-order chi connectivity index (χ0) is 13.2. The summed E-state index contributed by atoms with van der Waals surface area (Å²) in [7, 11) is 1.83. The van der Waals surface area contributed by atoms with Crippen LogP contribution in [0.3, 0.4) is 0 Å². The number of hydrogen-bond acceptors (Lipinski definition) is 5. The van der Waals surface area contributed by atoms with Gasteiger partial charge in [-0.1, -0.05) is 13.3 Å². The first kappa shape index (κ1) is 12.7. The molecule has 0 radical (unpaired) electrons. The van der Waals surface area contributed by atoms with Crippen molar-refractivity contribution in [2.75, 3.05) is 12.4 Å². The van der Waals surface area contributed by atoms with Crippen molar-refractivity contribution < 1.29 is 4.74 Å². The first-order chi connectivity index (χ1) is 9.26. The van der Waals surface area contributed by atoms with Crippen LogP contribution in [0.2, 0.25) is 0 Å². The van der Waals surface area contributed by atoms with E-state index in [1.807, 2.05) is 18.5 Å². The van der Waals surface area contributed by atoms with Crippen LogP contribution in [0.4, 0.5) is 5.95 Å². The summed E-state index contributed by atoms with van der Waals surface area (Å²) < 4.78 is 6.16. The largest absolute Gasteiger partial charge is 0.474 e. The first-order valence-electron chi connectivity index (χ1n) is 6.86. The summed E-state index contributed by atoms with van der Waals surface area (Å²) in [5.74, 6) is 2.12. The van der Waals surface area contributed by atoms with E-state index >= 15 is 0 Å². The zero-order valence-electron chi connectivity index (χ0n) is 11.3. The maximum Gasteiger partial charge on any atom is 0.227 e. The van der Waals surface area contributed by atoms with E-state index in [1.54, 1.807) is 11.3 Å². The first-order valence-corrected chi connectivity index (χ1v) is 7.74. The van der Waals surface area contributed by atoms with Crippen molar-refractivity contribution in [1.29, 1.82) is 0 Å². The monoisotopic (exact) mass is 277 g/mol. The lowest BCUT2D eigenvalue weighted by Gasteiger charge is -2.27. The summed E-state index contributed by atoms with van der Waals surface area (Å²) >= 11 is 1.62. The predicted molar refractivity (Wildman–Crippen MR) is 79.0 cm³/mol. The quantitative estimate of drug-likeness (QED) is 0.929. The number of rotatable bonds is 3. The van der Waals surface area contributed by atoms with Gasteiger partial charge in [-0.25, -0.2) is 4.98 Å². The Bertz CT molecular complexity index is 569. The molecule has 0 saturated heterocycles. The second-order valence-corrected chi connectivity index (χ2v) is 6.15. The normalized spacial score (nSPS) is 23.5. The third-order valence-electron chi connectivity index (χ3n) is 3.68. The van der Waals surface area contributed by atoms with Crippen molar-refractivity contribution in [3.05, 3.63) is 11.4 Å². The smallest absolute Gasteiger partial charge is 0.227 e. The highest BCUT2D eigenvalue weighted by molar-refractivity contribution is 7.16. The third kappa shape index (κ3) is 2.66. The lowest BCUT2D eigenvalue weighted by atomic mass is 9.89. The Morgan fingerprint density at radius 1 is 1.37 bits per heavy atom. The molecule has 2 aromatic heterocycles. The summed E-state index contributed by atoms with van der Waals surface area (Å²) in [6, 6.07) is 2.04. The molecular formula is C14H19N3OS. The summed E-state index contributed by atoms with van der Waals surface area (Å²) in [6.45, 7) is 2.30. The lowest BCUT2D eigenvalue weighted by molar-refractivity contribution is 0.126. The lowest BCUT2D eigenvalue weighted by Crippen LogP contribution is -2.24. The molecule has 3 rings (SSSR count). The molecule has 5 heteroatoms. The van der Waals surface area contributed by atoms with Gasteiger partial charge in [0.2, 0.25) is 11.8 Å². The van der Waals surface area contributed by atoms with Gasteiger partial charge in [-0.3, -0.25) is 0 Å². The van der Waals surface area contributed by atoms with E-state index in [0.717, 1.165) is 34.9 Å². The van der Waals surface area contributed by atoms with Crippen LogP contribution in [0, 0.1) is 5.92 Å². The van der Waals surface area contributed by atoms with Crippen LogP contribution >= 0.6 is 11.3 Å². The van der Waals surface area contributed by atoms with Crippen molar-refractivity contribution >= 4 is 27.5 Å². The van der Waals surface area contributed by atoms with E-state index in [4.69, 9.17) is 4.74 Å². The van der Waals surface area contributed by atoms with Crippen molar-refractivity contribution in [2.45, 2.75) is 38.7 Å². The highest BCUT2D eigenvalue weighted by atomic mass is 32.1. The SMILES string of the molecule is CNc1nc(OC2CCCC(C)C2)c2ccsc2n1. The molecular weight excluding hydrogens is 258 g/mol. The molecule has 2 heterocycles. The Hall–Kier alpha value is -1.36. The van der Waals surface area contributed by atoms with Gasteiger partial charge in [-0.2, -0.15) is 4.98 Å². The van der Waals surface area contributed by atoms with Gasteiger partial charge in [0.05, 0.1) is 5.39 Å². The van der Waals surface area contributed by atoms with Crippen LogP contribution in [0.1, 0.15) is 32.6 Å². The topological polar surface area (TPSA) is 47.0 Å². The second kappa shape index (κ2) is 5.33. The van der Waals surface area contributed by atoms with Crippen LogP contribution in [0.15, 0.2) is 11.4 Å². The molecule has 1 aliphatic rings. The average Bonchev–Trinajstić information content (AvgIpc) is 2.87. The van der Waals surface area contributed by atoms with E-state index in [-0.39, 0.29) is 0 Å². The molecule has 0 aliphatic heterocycles. The minimum Gasteiger partial charge on any atom is -0.474 e. The van der Waals surface area contributed by atoms with Gasteiger partial charge in [-0.05, 0) is 36.6 Å². The fourth-order valence-electron chi connectivity index (χ4n) is 2.67. The Balaban J connectivity index is 1.88. The number of aromatic nitrogens is 2. The maximum absolute atomic E-state index is 6.16. The Labute approximate surface area is 117 Å². The number of nitrogens with zero attached hydrogens (tertiary/aromatic N) is 2. The molecule has 0 bridgehead atoms. The summed E-state index contributed by atoms with van der Waals surface area (Å²) in [5.41, 5.74) is 0. The molecule has 2 aromatic rings. The molecule has 0 aromatic carbocycles. The summed E-state index contributed by atoms with van der Waals surface area (Å²) in [6.07, 6.45) is 5.13. The fraction of sp³-hybridized carbons (Fsp3) is 0.571. The average molecular weight is 277 g/mol. The second-order valence-electron chi connectivity index (χ2n) is 5.25. The number of fused-ring (bicyclic) bond motifs is 1. The van der Waals surface area contributed by atoms with Crippen LogP contribution in [0.5, 0.6) is 5.88 Å². The predicted octanol–water partition coefficient (Wildman–Crippen LogP) is 3.69. The number of hydrogen-bond donors (Lipinski definition) is 1. The van der Waals surface area contributed by atoms with Gasteiger partial charge in [0, 0.05) is 7.05 Å². The molecule has 19 heavy (non-hydrogen) atoms. The van der Waals surface area contributed by atoms with Crippen LogP contribution in [-0.2, 0) is 0 Å².